The van der Waals surface area contributed by atoms with Crippen molar-refractivity contribution in [2.45, 2.75) is 39.2 Å². The smallest absolute Gasteiger partial charge is 0.345 e. The van der Waals surface area contributed by atoms with Crippen LogP contribution in [-0.2, 0) is 14.3 Å². The lowest BCUT2D eigenvalue weighted by atomic mass is 9.66. The highest BCUT2D eigenvalue weighted by Crippen LogP contribution is 2.65. The molecule has 1 aliphatic carbocycles. The summed E-state index contributed by atoms with van der Waals surface area (Å²) >= 11 is 0. The molecular formula is C10H13FO3. The molecule has 1 heterocycles. The Morgan fingerprint density at radius 1 is 1.36 bits per heavy atom. The molecule has 0 amide bonds. The van der Waals surface area contributed by atoms with E-state index in [1.807, 2.05) is 0 Å². The van der Waals surface area contributed by atoms with Gasteiger partial charge in [-0.2, -0.15) is 4.39 Å². The van der Waals surface area contributed by atoms with E-state index in [0.29, 0.717) is 12.8 Å². The molecule has 1 aliphatic heterocycles. The third-order valence-corrected chi connectivity index (χ3v) is 4.40. The molecule has 0 aromatic heterocycles. The van der Waals surface area contributed by atoms with Crippen LogP contribution in [0.25, 0.3) is 0 Å². The Bertz CT molecular complexity index is 336. The van der Waals surface area contributed by atoms with Crippen LogP contribution in [0.3, 0.4) is 0 Å². The van der Waals surface area contributed by atoms with Crippen LogP contribution in [0.1, 0.15) is 33.6 Å². The number of halogens is 1. The molecule has 0 aromatic carbocycles. The number of esters is 1. The summed E-state index contributed by atoms with van der Waals surface area (Å²) in [5.41, 5.74) is -2.98. The van der Waals surface area contributed by atoms with Crippen molar-refractivity contribution in [1.82, 2.24) is 0 Å². The van der Waals surface area contributed by atoms with Crippen LogP contribution in [0.15, 0.2) is 0 Å². The van der Waals surface area contributed by atoms with Crippen LogP contribution in [0, 0.1) is 10.8 Å². The predicted octanol–water partition coefficient (Wildman–Crippen LogP) is 1.60. The summed E-state index contributed by atoms with van der Waals surface area (Å²) in [5, 5.41) is 0. The highest BCUT2D eigenvalue weighted by molar-refractivity contribution is 5.93. The topological polar surface area (TPSA) is 43.4 Å². The molecule has 0 unspecified atom stereocenters. The molecule has 2 fully saturated rings. The summed E-state index contributed by atoms with van der Waals surface area (Å²) in [5.74, 6) is -0.445. The lowest BCUT2D eigenvalue weighted by Gasteiger charge is -2.32. The van der Waals surface area contributed by atoms with E-state index >= 15 is 0 Å². The largest absolute Gasteiger partial charge is 0.447 e. The molecule has 14 heavy (non-hydrogen) atoms. The minimum Gasteiger partial charge on any atom is -0.447 e. The van der Waals surface area contributed by atoms with Crippen molar-refractivity contribution in [3.63, 3.8) is 0 Å². The molecule has 1 saturated carbocycles. The van der Waals surface area contributed by atoms with Crippen LogP contribution < -0.4 is 0 Å². The molecule has 2 atom stereocenters. The van der Waals surface area contributed by atoms with Gasteiger partial charge >= 0.3 is 12.0 Å². The van der Waals surface area contributed by atoms with Gasteiger partial charge in [-0.3, -0.25) is 9.59 Å². The van der Waals surface area contributed by atoms with Gasteiger partial charge in [0, 0.05) is 5.41 Å². The van der Waals surface area contributed by atoms with Gasteiger partial charge in [0.1, 0.15) is 0 Å². The quantitative estimate of drug-likeness (QED) is 0.477. The van der Waals surface area contributed by atoms with Gasteiger partial charge in [0.15, 0.2) is 0 Å². The summed E-state index contributed by atoms with van der Waals surface area (Å²) in [6, 6.07) is -1.52. The maximum absolute atomic E-state index is 13.0. The Labute approximate surface area is 81.6 Å². The number of fused-ring (bicyclic) bond motifs is 2. The zero-order chi connectivity index (χ0) is 10.8. The Morgan fingerprint density at radius 2 is 1.93 bits per heavy atom. The third kappa shape index (κ3) is 0.666. The monoisotopic (exact) mass is 200 g/mol. The number of carbonyl (C=O) groups is 2. The van der Waals surface area contributed by atoms with E-state index in [0.717, 1.165) is 0 Å². The second-order valence-electron chi connectivity index (χ2n) is 4.95. The lowest BCUT2D eigenvalue weighted by Crippen LogP contribution is -2.46. The van der Waals surface area contributed by atoms with Crippen LogP contribution >= 0.6 is 0 Å². The second kappa shape index (κ2) is 2.18. The first-order valence-corrected chi connectivity index (χ1v) is 4.71. The predicted molar refractivity (Wildman–Crippen MR) is 46.1 cm³/mol. The molecular weight excluding hydrogens is 187 g/mol. The molecule has 0 N–H and O–H groups in total. The summed E-state index contributed by atoms with van der Waals surface area (Å²) in [6.45, 7) is 5.19. The number of ether oxygens (including phenoxy) is 1. The number of carbonyl (C=O) groups excluding carboxylic acids is 2. The van der Waals surface area contributed by atoms with Gasteiger partial charge in [-0.15, -0.1) is 0 Å². The Kier molecular flexibility index (Phi) is 1.50. The number of rotatable bonds is 1. The molecule has 0 radical (unpaired) electrons. The summed E-state index contributed by atoms with van der Waals surface area (Å²) in [6.07, 6.45) is 0.825. The maximum Gasteiger partial charge on any atom is 0.345 e. The highest BCUT2D eigenvalue weighted by Gasteiger charge is 2.76. The molecule has 0 aromatic rings. The SMILES string of the molecule is CC1(C)[C@@]2(C)CC[C@]1(C(=O)F)OC2=O. The number of hydrogen-bond donors (Lipinski definition) is 0. The van der Waals surface area contributed by atoms with Crippen molar-refractivity contribution in [3.8, 4) is 0 Å². The average Bonchev–Trinajstić information content (AvgIpc) is 2.34. The van der Waals surface area contributed by atoms with E-state index in [4.69, 9.17) is 4.74 Å². The van der Waals surface area contributed by atoms with Crippen molar-refractivity contribution < 1.29 is 18.7 Å². The summed E-state index contributed by atoms with van der Waals surface area (Å²) in [4.78, 5) is 22.5. The van der Waals surface area contributed by atoms with Gasteiger partial charge in [-0.1, -0.05) is 13.8 Å². The fourth-order valence-electron chi connectivity index (χ4n) is 2.69. The van der Waals surface area contributed by atoms with Gasteiger partial charge in [0.05, 0.1) is 5.41 Å². The lowest BCUT2D eigenvalue weighted by molar-refractivity contribution is -0.173. The molecule has 3 nitrogen and oxygen atoms in total. The normalized spacial score (nSPS) is 43.9. The summed E-state index contributed by atoms with van der Waals surface area (Å²) < 4.78 is 18.0. The van der Waals surface area contributed by atoms with Crippen LogP contribution in [-0.4, -0.2) is 17.6 Å². The van der Waals surface area contributed by atoms with E-state index in [-0.39, 0.29) is 0 Å². The van der Waals surface area contributed by atoms with E-state index in [1.165, 1.54) is 0 Å². The fourth-order valence-corrected chi connectivity index (χ4v) is 2.69. The number of hydrogen-bond acceptors (Lipinski definition) is 3. The van der Waals surface area contributed by atoms with E-state index in [1.54, 1.807) is 20.8 Å². The summed E-state index contributed by atoms with van der Waals surface area (Å²) in [7, 11) is 0. The Morgan fingerprint density at radius 3 is 2.14 bits per heavy atom. The Balaban J connectivity index is 2.60. The molecule has 78 valence electrons. The first-order valence-electron chi connectivity index (χ1n) is 4.71. The zero-order valence-corrected chi connectivity index (χ0v) is 8.52. The highest BCUT2D eigenvalue weighted by atomic mass is 19.1. The first-order chi connectivity index (χ1) is 6.28. The van der Waals surface area contributed by atoms with Crippen molar-refractivity contribution in [3.05, 3.63) is 0 Å². The van der Waals surface area contributed by atoms with Crippen molar-refractivity contribution in [1.29, 1.82) is 0 Å². The van der Waals surface area contributed by atoms with Crippen LogP contribution in [0.2, 0.25) is 0 Å². The van der Waals surface area contributed by atoms with Gasteiger partial charge in [-0.05, 0) is 19.8 Å². The zero-order valence-electron chi connectivity index (χ0n) is 8.52. The minimum absolute atomic E-state index is 0.303. The standard InChI is InChI=1S/C10H13FO3/c1-8(2)9(3)4-5-10(8,6(11)12)14-7(9)13/h4-5H2,1-3H3/t9-,10+/m0/s1. The van der Waals surface area contributed by atoms with Crippen molar-refractivity contribution >= 4 is 12.0 Å². The van der Waals surface area contributed by atoms with Crippen LogP contribution in [0.5, 0.6) is 0 Å². The van der Waals surface area contributed by atoms with Crippen molar-refractivity contribution in [2.75, 3.05) is 0 Å². The van der Waals surface area contributed by atoms with Gasteiger partial charge in [0.25, 0.3) is 0 Å². The molecule has 2 rings (SSSR count). The fraction of sp³-hybridized carbons (Fsp3) is 0.800. The third-order valence-electron chi connectivity index (χ3n) is 4.40. The Hall–Kier alpha value is -0.930. The van der Waals surface area contributed by atoms with E-state index < -0.39 is 28.4 Å². The van der Waals surface area contributed by atoms with E-state index in [2.05, 4.69) is 0 Å². The molecule has 1 saturated heterocycles. The average molecular weight is 200 g/mol. The molecule has 0 spiro atoms. The van der Waals surface area contributed by atoms with Gasteiger partial charge in [0.2, 0.25) is 5.60 Å². The molecule has 4 heteroatoms. The maximum atomic E-state index is 13.0. The van der Waals surface area contributed by atoms with E-state index in [9.17, 15) is 14.0 Å². The second-order valence-corrected chi connectivity index (χ2v) is 4.95. The van der Waals surface area contributed by atoms with Gasteiger partial charge in [-0.25, -0.2) is 0 Å². The first kappa shape index (κ1) is 9.62. The minimum atomic E-state index is -1.52. The van der Waals surface area contributed by atoms with Crippen molar-refractivity contribution in [2.24, 2.45) is 10.8 Å². The molecule has 2 aliphatic rings. The van der Waals surface area contributed by atoms with Crippen LogP contribution in [0.4, 0.5) is 4.39 Å². The molecule has 2 bridgehead atoms. The van der Waals surface area contributed by atoms with Gasteiger partial charge < -0.3 is 4.74 Å².